The van der Waals surface area contributed by atoms with E-state index in [0.717, 1.165) is 29.4 Å². The maximum absolute atomic E-state index is 12.3. The molecule has 1 aliphatic rings. The number of benzene rings is 1. The van der Waals surface area contributed by atoms with Gasteiger partial charge in [0.05, 0.1) is 10.3 Å². The Bertz CT molecular complexity index is 771. The van der Waals surface area contributed by atoms with E-state index >= 15 is 0 Å². The number of carbonyl (C=O) groups excluding carboxylic acids is 1. The van der Waals surface area contributed by atoms with Crippen LogP contribution in [-0.2, 0) is 4.79 Å². The van der Waals surface area contributed by atoms with E-state index in [4.69, 9.17) is 11.6 Å². The summed E-state index contributed by atoms with van der Waals surface area (Å²) in [6.45, 7) is 5.84. The predicted molar refractivity (Wildman–Crippen MR) is 107 cm³/mol. The molecule has 7 heteroatoms. The maximum Gasteiger partial charge on any atom is 0.233 e. The summed E-state index contributed by atoms with van der Waals surface area (Å²) in [6, 6.07) is 8.20. The average Bonchev–Trinajstić information content (AvgIpc) is 3.24. The van der Waals surface area contributed by atoms with Crippen molar-refractivity contribution in [1.82, 2.24) is 20.1 Å². The summed E-state index contributed by atoms with van der Waals surface area (Å²) < 4.78 is 2.19. The van der Waals surface area contributed by atoms with Gasteiger partial charge < -0.3 is 5.32 Å². The molecule has 3 rings (SSSR count). The first kappa shape index (κ1) is 19.2. The van der Waals surface area contributed by atoms with Gasteiger partial charge in [-0.1, -0.05) is 48.3 Å². The van der Waals surface area contributed by atoms with Crippen LogP contribution in [0, 0.1) is 0 Å². The van der Waals surface area contributed by atoms with Crippen LogP contribution in [0.1, 0.15) is 52.5 Å². The number of nitrogens with one attached hydrogen (secondary N) is 1. The minimum atomic E-state index is -0.235. The Kier molecular flexibility index (Phi) is 6.24. The molecule has 0 spiro atoms. The van der Waals surface area contributed by atoms with Crippen LogP contribution in [0.15, 0.2) is 29.4 Å². The molecule has 0 saturated heterocycles. The van der Waals surface area contributed by atoms with Crippen LogP contribution in [0.3, 0.4) is 0 Å². The second kappa shape index (κ2) is 8.44. The van der Waals surface area contributed by atoms with E-state index in [1.165, 1.54) is 24.6 Å². The number of rotatable bonds is 6. The lowest BCUT2D eigenvalue weighted by atomic mass is 10.2. The smallest absolute Gasteiger partial charge is 0.233 e. The van der Waals surface area contributed by atoms with E-state index in [-0.39, 0.29) is 17.2 Å². The Balaban J connectivity index is 1.93. The summed E-state index contributed by atoms with van der Waals surface area (Å²) in [7, 11) is 0. The fourth-order valence-corrected chi connectivity index (χ4v) is 4.44. The number of hydrogen-bond donors (Lipinski definition) is 1. The molecule has 5 nitrogen and oxygen atoms in total. The largest absolute Gasteiger partial charge is 0.353 e. The van der Waals surface area contributed by atoms with Crippen molar-refractivity contribution in [2.75, 3.05) is 0 Å². The molecule has 1 unspecified atom stereocenters. The summed E-state index contributed by atoms with van der Waals surface area (Å²) in [4.78, 5) is 12.3. The topological polar surface area (TPSA) is 59.8 Å². The van der Waals surface area contributed by atoms with Gasteiger partial charge in [0.15, 0.2) is 11.0 Å². The fraction of sp³-hybridized carbons (Fsp3) is 0.526. The number of aromatic nitrogens is 3. The molecule has 1 aromatic carbocycles. The number of halogens is 1. The summed E-state index contributed by atoms with van der Waals surface area (Å²) in [6.07, 6.45) is 4.63. The molecule has 0 bridgehead atoms. The van der Waals surface area contributed by atoms with E-state index in [1.807, 2.05) is 45.0 Å². The molecule has 1 saturated carbocycles. The van der Waals surface area contributed by atoms with Gasteiger partial charge in [0.25, 0.3) is 0 Å². The first-order chi connectivity index (χ1) is 12.5. The minimum Gasteiger partial charge on any atom is -0.353 e. The third-order valence-corrected chi connectivity index (χ3v) is 5.94. The third kappa shape index (κ3) is 4.23. The molecule has 26 heavy (non-hydrogen) atoms. The lowest BCUT2D eigenvalue weighted by molar-refractivity contribution is -0.120. The van der Waals surface area contributed by atoms with E-state index in [1.54, 1.807) is 0 Å². The Hall–Kier alpha value is -1.53. The highest BCUT2D eigenvalue weighted by Crippen LogP contribution is 2.38. The molecule has 1 fully saturated rings. The summed E-state index contributed by atoms with van der Waals surface area (Å²) in [5.74, 6) is 0.812. The highest BCUT2D eigenvalue weighted by atomic mass is 35.5. The van der Waals surface area contributed by atoms with Crippen molar-refractivity contribution < 1.29 is 4.79 Å². The number of nitrogens with zero attached hydrogens (tertiary/aromatic N) is 3. The number of carbonyl (C=O) groups is 1. The van der Waals surface area contributed by atoms with Crippen LogP contribution in [0.2, 0.25) is 5.02 Å². The zero-order valence-corrected chi connectivity index (χ0v) is 17.0. The standard InChI is InChI=1S/C19H25ClN4OS/c1-12(2)21-18(25)13(3)26-19-23-22-17(15-10-6-7-11-16(15)20)24(19)14-8-4-5-9-14/h6-7,10-14H,4-5,8-9H2,1-3H3,(H,21,25). The van der Waals surface area contributed by atoms with Crippen LogP contribution in [-0.4, -0.2) is 32.0 Å². The predicted octanol–water partition coefficient (Wildman–Crippen LogP) is 4.72. The van der Waals surface area contributed by atoms with E-state index < -0.39 is 0 Å². The van der Waals surface area contributed by atoms with E-state index in [2.05, 4.69) is 20.1 Å². The van der Waals surface area contributed by atoms with E-state index in [0.29, 0.717) is 11.1 Å². The lowest BCUT2D eigenvalue weighted by Gasteiger charge is -2.19. The molecule has 140 valence electrons. The zero-order valence-electron chi connectivity index (χ0n) is 15.4. The van der Waals surface area contributed by atoms with Crippen molar-refractivity contribution in [3.05, 3.63) is 29.3 Å². The quantitative estimate of drug-likeness (QED) is 0.722. The highest BCUT2D eigenvalue weighted by molar-refractivity contribution is 8.00. The average molecular weight is 393 g/mol. The van der Waals surface area contributed by atoms with Crippen LogP contribution < -0.4 is 5.32 Å². The van der Waals surface area contributed by atoms with Crippen molar-refractivity contribution in [2.24, 2.45) is 0 Å². The van der Waals surface area contributed by atoms with Crippen LogP contribution >= 0.6 is 23.4 Å². The summed E-state index contributed by atoms with van der Waals surface area (Å²) >= 11 is 7.87. The number of hydrogen-bond acceptors (Lipinski definition) is 4. The number of thioether (sulfide) groups is 1. The molecule has 1 atom stereocenters. The molecule has 1 amide bonds. The Morgan fingerprint density at radius 3 is 2.58 bits per heavy atom. The molecule has 1 aromatic heterocycles. The minimum absolute atomic E-state index is 0.0188. The van der Waals surface area contributed by atoms with Gasteiger partial charge in [-0.2, -0.15) is 0 Å². The normalized spacial score (nSPS) is 16.2. The van der Waals surface area contributed by atoms with E-state index in [9.17, 15) is 4.79 Å². The Morgan fingerprint density at radius 2 is 1.92 bits per heavy atom. The second-order valence-electron chi connectivity index (χ2n) is 7.02. The highest BCUT2D eigenvalue weighted by Gasteiger charge is 2.27. The monoisotopic (exact) mass is 392 g/mol. The molecule has 0 radical (unpaired) electrons. The molecular formula is C19H25ClN4OS. The molecule has 1 aliphatic carbocycles. The summed E-state index contributed by atoms with van der Waals surface area (Å²) in [5.41, 5.74) is 0.889. The van der Waals surface area contributed by atoms with Gasteiger partial charge in [-0.3, -0.25) is 9.36 Å². The van der Waals surface area contributed by atoms with Crippen molar-refractivity contribution in [2.45, 2.75) is 68.9 Å². The first-order valence-electron chi connectivity index (χ1n) is 9.14. The van der Waals surface area contributed by atoms with Gasteiger partial charge in [-0.05, 0) is 45.7 Å². The van der Waals surface area contributed by atoms with Crippen molar-refractivity contribution in [3.8, 4) is 11.4 Å². The Labute approximate surface area is 163 Å². The molecule has 1 heterocycles. The summed E-state index contributed by atoms with van der Waals surface area (Å²) in [5, 5.41) is 13.0. The Morgan fingerprint density at radius 1 is 1.23 bits per heavy atom. The van der Waals surface area contributed by atoms with Crippen LogP contribution in [0.5, 0.6) is 0 Å². The van der Waals surface area contributed by atoms with Gasteiger partial charge in [0.2, 0.25) is 5.91 Å². The first-order valence-corrected chi connectivity index (χ1v) is 10.4. The van der Waals surface area contributed by atoms with Gasteiger partial charge in [-0.15, -0.1) is 10.2 Å². The van der Waals surface area contributed by atoms with Crippen molar-refractivity contribution in [3.63, 3.8) is 0 Å². The van der Waals surface area contributed by atoms with Crippen LogP contribution in [0.4, 0.5) is 0 Å². The molecular weight excluding hydrogens is 368 g/mol. The number of amides is 1. The SMILES string of the molecule is CC(C)NC(=O)C(C)Sc1nnc(-c2ccccc2Cl)n1C1CCCC1. The zero-order chi connectivity index (χ0) is 18.7. The molecule has 1 N–H and O–H groups in total. The van der Waals surface area contributed by atoms with Gasteiger partial charge >= 0.3 is 0 Å². The molecule has 2 aromatic rings. The van der Waals surface area contributed by atoms with Gasteiger partial charge in [0.1, 0.15) is 0 Å². The lowest BCUT2D eigenvalue weighted by Crippen LogP contribution is -2.36. The maximum atomic E-state index is 12.3. The molecule has 0 aliphatic heterocycles. The van der Waals surface area contributed by atoms with Crippen molar-refractivity contribution in [1.29, 1.82) is 0 Å². The third-order valence-electron chi connectivity index (χ3n) is 4.55. The second-order valence-corrected chi connectivity index (χ2v) is 8.73. The van der Waals surface area contributed by atoms with Gasteiger partial charge in [0, 0.05) is 17.6 Å². The van der Waals surface area contributed by atoms with Gasteiger partial charge in [-0.25, -0.2) is 0 Å². The fourth-order valence-electron chi connectivity index (χ4n) is 3.29. The van der Waals surface area contributed by atoms with Crippen molar-refractivity contribution >= 4 is 29.3 Å². The van der Waals surface area contributed by atoms with Crippen LogP contribution in [0.25, 0.3) is 11.4 Å².